The van der Waals surface area contributed by atoms with Gasteiger partial charge in [-0.1, -0.05) is 62.4 Å². The number of nitrogens with one attached hydrogen (secondary N) is 1. The first kappa shape index (κ1) is 23.4. The van der Waals surface area contributed by atoms with Gasteiger partial charge in [-0.25, -0.2) is 9.59 Å². The topological polar surface area (TPSA) is 95.9 Å². The van der Waals surface area contributed by atoms with E-state index in [1.807, 2.05) is 38.1 Å². The number of carbonyl (C=O) groups is 3. The van der Waals surface area contributed by atoms with Crippen molar-refractivity contribution in [3.8, 4) is 11.1 Å². The maximum Gasteiger partial charge on any atom is 0.407 e. The second-order valence-electron chi connectivity index (χ2n) is 10.7. The van der Waals surface area contributed by atoms with Crippen molar-refractivity contribution in [1.29, 1.82) is 0 Å². The van der Waals surface area contributed by atoms with Crippen molar-refractivity contribution in [2.45, 2.75) is 45.1 Å². The molecule has 35 heavy (non-hydrogen) atoms. The number of benzene rings is 2. The molecule has 0 spiro atoms. The molecular formula is C28H32N2O5. The Labute approximate surface area is 205 Å². The second-order valence-corrected chi connectivity index (χ2v) is 10.7. The van der Waals surface area contributed by atoms with Crippen LogP contribution in [0.1, 0.15) is 50.2 Å². The number of ether oxygens (including phenoxy) is 1. The fourth-order valence-electron chi connectivity index (χ4n) is 5.95. The zero-order chi connectivity index (χ0) is 24.7. The summed E-state index contributed by atoms with van der Waals surface area (Å²) in [7, 11) is 0. The van der Waals surface area contributed by atoms with Crippen LogP contribution in [0.2, 0.25) is 0 Å². The number of piperidine rings is 1. The summed E-state index contributed by atoms with van der Waals surface area (Å²) in [5.41, 5.74) is 4.22. The lowest BCUT2D eigenvalue weighted by molar-refractivity contribution is -0.159. The SMILES string of the molecule is CC1(C)CCCN(C(=O)[C@@H]2C[C@@H]2CNC(=O)OCC2c3ccccc3-c3ccccc32)C1C(=O)O. The van der Waals surface area contributed by atoms with E-state index in [0.29, 0.717) is 19.5 Å². The third-order valence-electron chi connectivity index (χ3n) is 7.88. The Morgan fingerprint density at radius 2 is 1.69 bits per heavy atom. The Morgan fingerprint density at radius 3 is 2.31 bits per heavy atom. The van der Waals surface area contributed by atoms with Crippen LogP contribution in [0.3, 0.4) is 0 Å². The lowest BCUT2D eigenvalue weighted by atomic mass is 9.76. The van der Waals surface area contributed by atoms with Gasteiger partial charge in [-0.3, -0.25) is 4.79 Å². The molecule has 2 amide bonds. The number of fused-ring (bicyclic) bond motifs is 3. The van der Waals surface area contributed by atoms with Crippen LogP contribution >= 0.6 is 0 Å². The summed E-state index contributed by atoms with van der Waals surface area (Å²) in [5, 5.41) is 12.5. The van der Waals surface area contributed by atoms with E-state index < -0.39 is 23.5 Å². The summed E-state index contributed by atoms with van der Waals surface area (Å²) in [5.74, 6) is -1.28. The predicted octanol–water partition coefficient (Wildman–Crippen LogP) is 4.26. The minimum Gasteiger partial charge on any atom is -0.480 e. The molecule has 1 unspecified atom stereocenters. The molecule has 0 radical (unpaired) electrons. The smallest absolute Gasteiger partial charge is 0.407 e. The number of alkyl carbamates (subject to hydrolysis) is 1. The molecule has 3 atom stereocenters. The number of nitrogens with zero attached hydrogens (tertiary/aromatic N) is 1. The van der Waals surface area contributed by atoms with Gasteiger partial charge in [0.1, 0.15) is 12.6 Å². The Kier molecular flexibility index (Phi) is 6.03. The third kappa shape index (κ3) is 4.40. The zero-order valence-corrected chi connectivity index (χ0v) is 20.2. The van der Waals surface area contributed by atoms with Gasteiger partial charge in [0.25, 0.3) is 0 Å². The molecule has 7 heteroatoms. The lowest BCUT2D eigenvalue weighted by Gasteiger charge is -2.44. The Hall–Kier alpha value is -3.35. The van der Waals surface area contributed by atoms with E-state index in [0.717, 1.165) is 24.0 Å². The van der Waals surface area contributed by atoms with Crippen LogP contribution in [0, 0.1) is 17.3 Å². The first-order valence-electron chi connectivity index (χ1n) is 12.4. The van der Waals surface area contributed by atoms with Crippen LogP contribution in [-0.2, 0) is 14.3 Å². The monoisotopic (exact) mass is 476 g/mol. The molecule has 2 aromatic carbocycles. The Bertz CT molecular complexity index is 1110. The Morgan fingerprint density at radius 1 is 1.06 bits per heavy atom. The number of hydrogen-bond acceptors (Lipinski definition) is 4. The highest BCUT2D eigenvalue weighted by Gasteiger charge is 2.51. The summed E-state index contributed by atoms with van der Waals surface area (Å²) >= 11 is 0. The van der Waals surface area contributed by atoms with Crippen LogP contribution in [0.5, 0.6) is 0 Å². The van der Waals surface area contributed by atoms with E-state index in [2.05, 4.69) is 29.6 Å². The van der Waals surface area contributed by atoms with Gasteiger partial charge in [0, 0.05) is 24.9 Å². The van der Waals surface area contributed by atoms with E-state index in [1.165, 1.54) is 11.1 Å². The van der Waals surface area contributed by atoms with Crippen molar-refractivity contribution in [2.24, 2.45) is 17.3 Å². The van der Waals surface area contributed by atoms with Crippen molar-refractivity contribution in [1.82, 2.24) is 10.2 Å². The standard InChI is InChI=1S/C28H32N2O5/c1-28(2)12-7-13-30(24(28)26(32)33)25(31)22-14-17(22)15-29-27(34)35-16-23-20-10-5-3-8-18(20)19-9-4-6-11-21(19)23/h3-6,8-11,17,22-24H,7,12-16H2,1-2H3,(H,29,34)(H,32,33)/t17-,22-,24?/m1/s1. The number of likely N-dealkylation sites (tertiary alicyclic amines) is 1. The molecule has 5 rings (SSSR count). The van der Waals surface area contributed by atoms with Gasteiger partial charge >= 0.3 is 12.1 Å². The predicted molar refractivity (Wildman–Crippen MR) is 131 cm³/mol. The molecule has 2 aliphatic carbocycles. The molecule has 2 fully saturated rings. The maximum absolute atomic E-state index is 13.1. The molecule has 3 aliphatic rings. The van der Waals surface area contributed by atoms with Gasteiger partial charge in [-0.05, 0) is 52.8 Å². The molecule has 2 aromatic rings. The number of rotatable bonds is 6. The molecule has 184 valence electrons. The van der Waals surface area contributed by atoms with E-state index in [-0.39, 0.29) is 30.3 Å². The first-order valence-corrected chi connectivity index (χ1v) is 12.4. The molecule has 7 nitrogen and oxygen atoms in total. The molecular weight excluding hydrogens is 444 g/mol. The average molecular weight is 477 g/mol. The van der Waals surface area contributed by atoms with Crippen LogP contribution in [0.4, 0.5) is 4.79 Å². The van der Waals surface area contributed by atoms with Crippen molar-refractivity contribution in [3.05, 3.63) is 59.7 Å². The fraction of sp³-hybridized carbons (Fsp3) is 0.464. The van der Waals surface area contributed by atoms with E-state index >= 15 is 0 Å². The minimum absolute atomic E-state index is 0.00110. The number of carbonyl (C=O) groups excluding carboxylic acids is 2. The molecule has 0 aromatic heterocycles. The summed E-state index contributed by atoms with van der Waals surface area (Å²) in [6.45, 7) is 4.89. The summed E-state index contributed by atoms with van der Waals surface area (Å²) < 4.78 is 5.58. The molecule has 1 aliphatic heterocycles. The number of carboxylic acid groups (broad SMARTS) is 1. The van der Waals surface area contributed by atoms with Crippen molar-refractivity contribution in [2.75, 3.05) is 19.7 Å². The number of carboxylic acids is 1. The third-order valence-corrected chi connectivity index (χ3v) is 7.88. The van der Waals surface area contributed by atoms with Gasteiger partial charge in [0.2, 0.25) is 5.91 Å². The van der Waals surface area contributed by atoms with Crippen molar-refractivity contribution >= 4 is 18.0 Å². The van der Waals surface area contributed by atoms with Crippen LogP contribution in [0.25, 0.3) is 11.1 Å². The summed E-state index contributed by atoms with van der Waals surface area (Å²) in [6.07, 6.45) is 1.75. The summed E-state index contributed by atoms with van der Waals surface area (Å²) in [6, 6.07) is 15.6. The highest BCUT2D eigenvalue weighted by molar-refractivity contribution is 5.87. The van der Waals surface area contributed by atoms with Crippen molar-refractivity contribution < 1.29 is 24.2 Å². The van der Waals surface area contributed by atoms with Gasteiger partial charge in [0.15, 0.2) is 0 Å². The first-order chi connectivity index (χ1) is 16.8. The molecule has 1 saturated carbocycles. The highest BCUT2D eigenvalue weighted by atomic mass is 16.5. The van der Waals surface area contributed by atoms with Crippen LogP contribution in [0.15, 0.2) is 48.5 Å². The minimum atomic E-state index is -0.947. The maximum atomic E-state index is 13.1. The lowest BCUT2D eigenvalue weighted by Crippen LogP contribution is -2.56. The quantitative estimate of drug-likeness (QED) is 0.649. The second kappa shape index (κ2) is 9.02. The fourth-order valence-corrected chi connectivity index (χ4v) is 5.95. The molecule has 2 N–H and O–H groups in total. The largest absolute Gasteiger partial charge is 0.480 e. The van der Waals surface area contributed by atoms with E-state index in [1.54, 1.807) is 4.90 Å². The van der Waals surface area contributed by atoms with Crippen molar-refractivity contribution in [3.63, 3.8) is 0 Å². The van der Waals surface area contributed by atoms with Gasteiger partial charge in [-0.15, -0.1) is 0 Å². The van der Waals surface area contributed by atoms with Crippen LogP contribution < -0.4 is 5.32 Å². The number of hydrogen-bond donors (Lipinski definition) is 2. The Balaban J connectivity index is 1.14. The van der Waals surface area contributed by atoms with Gasteiger partial charge in [0.05, 0.1) is 0 Å². The van der Waals surface area contributed by atoms with Gasteiger partial charge < -0.3 is 20.1 Å². The molecule has 0 bridgehead atoms. The van der Waals surface area contributed by atoms with Crippen LogP contribution in [-0.4, -0.2) is 53.7 Å². The normalized spacial score (nSPS) is 24.3. The number of aliphatic carboxylic acids is 1. The van der Waals surface area contributed by atoms with Gasteiger partial charge in [-0.2, -0.15) is 0 Å². The average Bonchev–Trinajstić information content (AvgIpc) is 3.54. The highest BCUT2D eigenvalue weighted by Crippen LogP contribution is 2.45. The zero-order valence-electron chi connectivity index (χ0n) is 20.2. The van der Waals surface area contributed by atoms with E-state index in [4.69, 9.17) is 4.74 Å². The molecule has 1 heterocycles. The number of amides is 2. The summed E-state index contributed by atoms with van der Waals surface area (Å²) in [4.78, 5) is 39.0. The molecule has 1 saturated heterocycles. The van der Waals surface area contributed by atoms with E-state index in [9.17, 15) is 19.5 Å².